The third kappa shape index (κ3) is 6.27. The summed E-state index contributed by atoms with van der Waals surface area (Å²) in [6.07, 6.45) is 1.35. The molecule has 3 nitrogen and oxygen atoms in total. The van der Waals surface area contributed by atoms with Gasteiger partial charge in [0.05, 0.1) is 13.2 Å². The summed E-state index contributed by atoms with van der Waals surface area (Å²) in [5.74, 6) is 0. The standard InChI is InChI=1S/C8H14ClNO2.ClH/c9-8(11)2-1-3-10-4-6-12-7-5-10;/h1-7H2;1H. The van der Waals surface area contributed by atoms with Crippen LogP contribution in [0.1, 0.15) is 12.8 Å². The SMILES string of the molecule is Cl.O=C(Cl)CCCN1CCOCC1. The normalized spacial score (nSPS) is 17.9. The van der Waals surface area contributed by atoms with E-state index in [9.17, 15) is 4.79 Å². The van der Waals surface area contributed by atoms with E-state index in [1.54, 1.807) is 0 Å². The molecule has 1 heterocycles. The van der Waals surface area contributed by atoms with Gasteiger partial charge in [0.1, 0.15) is 0 Å². The van der Waals surface area contributed by atoms with Crippen LogP contribution >= 0.6 is 24.0 Å². The topological polar surface area (TPSA) is 29.5 Å². The summed E-state index contributed by atoms with van der Waals surface area (Å²) in [7, 11) is 0. The second-order valence-electron chi connectivity index (χ2n) is 2.91. The van der Waals surface area contributed by atoms with Gasteiger partial charge in [0, 0.05) is 19.5 Å². The van der Waals surface area contributed by atoms with E-state index in [4.69, 9.17) is 16.3 Å². The third-order valence-corrected chi connectivity index (χ3v) is 2.14. The van der Waals surface area contributed by atoms with Crippen LogP contribution in [0.3, 0.4) is 0 Å². The Kier molecular flexibility index (Phi) is 7.66. The maximum Gasteiger partial charge on any atom is 0.221 e. The van der Waals surface area contributed by atoms with Crippen molar-refractivity contribution in [3.8, 4) is 0 Å². The van der Waals surface area contributed by atoms with Crippen molar-refractivity contribution in [1.82, 2.24) is 4.90 Å². The molecule has 1 saturated heterocycles. The summed E-state index contributed by atoms with van der Waals surface area (Å²) < 4.78 is 5.19. The van der Waals surface area contributed by atoms with Crippen molar-refractivity contribution in [2.45, 2.75) is 12.8 Å². The first-order valence-electron chi connectivity index (χ1n) is 4.27. The Morgan fingerprint density at radius 2 is 2.00 bits per heavy atom. The monoisotopic (exact) mass is 227 g/mol. The maximum absolute atomic E-state index is 10.4. The van der Waals surface area contributed by atoms with Gasteiger partial charge in [-0.3, -0.25) is 9.69 Å². The lowest BCUT2D eigenvalue weighted by Gasteiger charge is -2.26. The lowest BCUT2D eigenvalue weighted by molar-refractivity contribution is -0.111. The number of hydrogen-bond donors (Lipinski definition) is 0. The molecule has 1 aliphatic rings. The Morgan fingerprint density at radius 3 is 2.54 bits per heavy atom. The number of carbonyl (C=O) groups is 1. The number of morpholine rings is 1. The number of hydrogen-bond acceptors (Lipinski definition) is 3. The highest BCUT2D eigenvalue weighted by Crippen LogP contribution is 2.01. The fourth-order valence-corrected chi connectivity index (χ4v) is 1.40. The van der Waals surface area contributed by atoms with Gasteiger partial charge in [0.15, 0.2) is 0 Å². The van der Waals surface area contributed by atoms with Gasteiger partial charge in [0.25, 0.3) is 0 Å². The first-order valence-corrected chi connectivity index (χ1v) is 4.65. The van der Waals surface area contributed by atoms with E-state index in [2.05, 4.69) is 4.90 Å². The van der Waals surface area contributed by atoms with Crippen molar-refractivity contribution >= 4 is 29.3 Å². The van der Waals surface area contributed by atoms with Crippen LogP contribution in [-0.2, 0) is 9.53 Å². The van der Waals surface area contributed by atoms with E-state index in [0.717, 1.165) is 39.3 Å². The molecule has 0 N–H and O–H groups in total. The molecule has 0 spiro atoms. The molecule has 0 aromatic rings. The van der Waals surface area contributed by atoms with Crippen LogP contribution in [-0.4, -0.2) is 43.0 Å². The van der Waals surface area contributed by atoms with Gasteiger partial charge in [-0.05, 0) is 24.6 Å². The van der Waals surface area contributed by atoms with Crippen molar-refractivity contribution in [2.75, 3.05) is 32.8 Å². The predicted octanol–water partition coefficient (Wildman–Crippen LogP) is 1.29. The lowest BCUT2D eigenvalue weighted by atomic mass is 10.3. The smallest absolute Gasteiger partial charge is 0.221 e. The Morgan fingerprint density at radius 1 is 1.38 bits per heavy atom. The quantitative estimate of drug-likeness (QED) is 0.679. The Bertz CT molecular complexity index is 149. The molecule has 1 rings (SSSR count). The molecule has 0 atom stereocenters. The molecule has 0 bridgehead atoms. The molecule has 13 heavy (non-hydrogen) atoms. The Hall–Kier alpha value is 0.170. The predicted molar refractivity (Wildman–Crippen MR) is 54.6 cm³/mol. The Labute approximate surface area is 89.8 Å². The van der Waals surface area contributed by atoms with Crippen molar-refractivity contribution in [2.24, 2.45) is 0 Å². The second-order valence-corrected chi connectivity index (χ2v) is 3.33. The van der Waals surface area contributed by atoms with Crippen molar-refractivity contribution < 1.29 is 9.53 Å². The van der Waals surface area contributed by atoms with E-state index in [0.29, 0.717) is 6.42 Å². The number of rotatable bonds is 4. The molecule has 0 saturated carbocycles. The Balaban J connectivity index is 0.00000144. The molecule has 0 aliphatic carbocycles. The molecular weight excluding hydrogens is 213 g/mol. The van der Waals surface area contributed by atoms with E-state index >= 15 is 0 Å². The van der Waals surface area contributed by atoms with Crippen LogP contribution in [0.15, 0.2) is 0 Å². The zero-order chi connectivity index (χ0) is 8.81. The molecule has 0 aromatic carbocycles. The van der Waals surface area contributed by atoms with Crippen molar-refractivity contribution in [3.05, 3.63) is 0 Å². The first kappa shape index (κ1) is 13.2. The second kappa shape index (κ2) is 7.56. The minimum Gasteiger partial charge on any atom is -0.379 e. The summed E-state index contributed by atoms with van der Waals surface area (Å²) in [6.45, 7) is 4.55. The fourth-order valence-electron chi connectivity index (χ4n) is 1.27. The molecule has 78 valence electrons. The highest BCUT2D eigenvalue weighted by atomic mass is 35.5. The van der Waals surface area contributed by atoms with E-state index in [1.165, 1.54) is 0 Å². The van der Waals surface area contributed by atoms with Crippen LogP contribution in [0.2, 0.25) is 0 Å². The summed E-state index contributed by atoms with van der Waals surface area (Å²) in [5, 5.41) is -0.233. The van der Waals surface area contributed by atoms with Crippen molar-refractivity contribution in [1.29, 1.82) is 0 Å². The van der Waals surface area contributed by atoms with Crippen LogP contribution in [0.4, 0.5) is 0 Å². The summed E-state index contributed by atoms with van der Waals surface area (Å²) in [5.41, 5.74) is 0. The average molecular weight is 228 g/mol. The molecule has 0 unspecified atom stereocenters. The largest absolute Gasteiger partial charge is 0.379 e. The van der Waals surface area contributed by atoms with E-state index < -0.39 is 0 Å². The summed E-state index contributed by atoms with van der Waals surface area (Å²) >= 11 is 5.21. The van der Waals surface area contributed by atoms with Crippen LogP contribution < -0.4 is 0 Å². The molecule has 1 aliphatic heterocycles. The van der Waals surface area contributed by atoms with E-state index in [-0.39, 0.29) is 17.6 Å². The molecule has 0 aromatic heterocycles. The van der Waals surface area contributed by atoms with Gasteiger partial charge in [-0.25, -0.2) is 0 Å². The lowest BCUT2D eigenvalue weighted by Crippen LogP contribution is -2.36. The van der Waals surface area contributed by atoms with Crippen LogP contribution in [0.5, 0.6) is 0 Å². The molecular formula is C8H15Cl2NO2. The van der Waals surface area contributed by atoms with Gasteiger partial charge in [0.2, 0.25) is 5.24 Å². The van der Waals surface area contributed by atoms with Crippen molar-refractivity contribution in [3.63, 3.8) is 0 Å². The number of halogens is 2. The zero-order valence-electron chi connectivity index (χ0n) is 7.50. The van der Waals surface area contributed by atoms with Gasteiger partial charge < -0.3 is 4.74 Å². The highest BCUT2D eigenvalue weighted by molar-refractivity contribution is 6.63. The number of carbonyl (C=O) groups excluding carboxylic acids is 1. The van der Waals surface area contributed by atoms with E-state index in [1.807, 2.05) is 0 Å². The minimum atomic E-state index is -0.233. The number of nitrogens with zero attached hydrogens (tertiary/aromatic N) is 1. The highest BCUT2D eigenvalue weighted by Gasteiger charge is 2.09. The molecule has 5 heteroatoms. The number of ether oxygens (including phenoxy) is 1. The molecule has 0 amide bonds. The maximum atomic E-state index is 10.4. The van der Waals surface area contributed by atoms with Crippen LogP contribution in [0, 0.1) is 0 Å². The summed E-state index contributed by atoms with van der Waals surface area (Å²) in [6, 6.07) is 0. The zero-order valence-corrected chi connectivity index (χ0v) is 9.07. The third-order valence-electron chi connectivity index (χ3n) is 1.95. The van der Waals surface area contributed by atoms with Crippen LogP contribution in [0.25, 0.3) is 0 Å². The van der Waals surface area contributed by atoms with Gasteiger partial charge in [-0.1, -0.05) is 0 Å². The van der Waals surface area contributed by atoms with Gasteiger partial charge in [-0.15, -0.1) is 12.4 Å². The average Bonchev–Trinajstić information content (AvgIpc) is 2.05. The fraction of sp³-hybridized carbons (Fsp3) is 0.875. The summed E-state index contributed by atoms with van der Waals surface area (Å²) in [4.78, 5) is 12.7. The van der Waals surface area contributed by atoms with Gasteiger partial charge >= 0.3 is 0 Å². The minimum absolute atomic E-state index is 0. The van der Waals surface area contributed by atoms with Gasteiger partial charge in [-0.2, -0.15) is 0 Å². The molecule has 0 radical (unpaired) electrons. The molecule has 1 fully saturated rings. The first-order chi connectivity index (χ1) is 5.79.